The van der Waals surface area contributed by atoms with Gasteiger partial charge in [0.15, 0.2) is 11.3 Å². The molecule has 0 saturated heterocycles. The Morgan fingerprint density at radius 3 is 2.92 bits per heavy atom. The van der Waals surface area contributed by atoms with Crippen LogP contribution in [0.25, 0.3) is 11.0 Å². The lowest BCUT2D eigenvalue weighted by Gasteiger charge is -2.27. The van der Waals surface area contributed by atoms with Crippen LogP contribution in [-0.2, 0) is 11.3 Å². The zero-order valence-corrected chi connectivity index (χ0v) is 15.0. The predicted molar refractivity (Wildman–Crippen MR) is 93.0 cm³/mol. The molecule has 130 valence electrons. The van der Waals surface area contributed by atoms with Gasteiger partial charge in [0.25, 0.3) is 0 Å². The highest BCUT2D eigenvalue weighted by atomic mass is 35.5. The second-order valence-electron chi connectivity index (χ2n) is 6.53. The molecule has 1 aliphatic rings. The molecule has 0 fully saturated rings. The number of halogens is 1. The molecule has 1 aromatic heterocycles. The largest absolute Gasteiger partial charge is 0.443 e. The number of nitrogens with one attached hydrogen (secondary N) is 1. The van der Waals surface area contributed by atoms with Gasteiger partial charge in [0.2, 0.25) is 6.73 Å². The summed E-state index contributed by atoms with van der Waals surface area (Å²) in [6.07, 6.45) is 1.20. The van der Waals surface area contributed by atoms with Crippen LogP contribution in [0.2, 0.25) is 5.02 Å². The smallest absolute Gasteiger partial charge is 0.336 e. The van der Waals surface area contributed by atoms with E-state index in [1.54, 1.807) is 0 Å². The van der Waals surface area contributed by atoms with E-state index in [0.717, 1.165) is 42.6 Å². The molecule has 0 spiro atoms. The third-order valence-corrected chi connectivity index (χ3v) is 4.50. The van der Waals surface area contributed by atoms with Crippen LogP contribution in [0.4, 0.5) is 0 Å². The fourth-order valence-corrected chi connectivity index (χ4v) is 3.33. The van der Waals surface area contributed by atoms with Crippen LogP contribution in [0, 0.1) is 6.92 Å². The molecule has 0 saturated carbocycles. The van der Waals surface area contributed by atoms with Crippen molar-refractivity contribution in [1.29, 1.82) is 0 Å². The minimum Gasteiger partial charge on any atom is -0.443 e. The van der Waals surface area contributed by atoms with Crippen LogP contribution in [0.5, 0.6) is 5.75 Å². The van der Waals surface area contributed by atoms with Crippen molar-refractivity contribution in [2.75, 3.05) is 19.9 Å². The fraction of sp³-hybridized carbons (Fsp3) is 0.500. The Morgan fingerprint density at radius 1 is 1.38 bits per heavy atom. The van der Waals surface area contributed by atoms with Crippen molar-refractivity contribution in [2.24, 2.45) is 0 Å². The zero-order valence-electron chi connectivity index (χ0n) is 14.3. The Morgan fingerprint density at radius 2 is 2.17 bits per heavy atom. The number of aryl methyl sites for hydroxylation is 1. The Hall–Kier alpha value is -1.56. The number of ether oxygens (including phenoxy) is 2. The monoisotopic (exact) mass is 352 g/mol. The molecule has 5 nitrogen and oxygen atoms in total. The summed E-state index contributed by atoms with van der Waals surface area (Å²) >= 11 is 6.37. The molecule has 1 aromatic carbocycles. The van der Waals surface area contributed by atoms with Crippen LogP contribution >= 0.6 is 11.6 Å². The first-order chi connectivity index (χ1) is 11.5. The molecule has 0 radical (unpaired) electrons. The number of hydrogen-bond donors (Lipinski definition) is 1. The summed E-state index contributed by atoms with van der Waals surface area (Å²) in [5.74, 6) is 0.639. The molecule has 0 amide bonds. The predicted octanol–water partition coefficient (Wildman–Crippen LogP) is 2.30. The summed E-state index contributed by atoms with van der Waals surface area (Å²) < 4.78 is 16.9. The maximum absolute atomic E-state index is 11.8. The van der Waals surface area contributed by atoms with E-state index in [1.165, 1.54) is 11.0 Å². The van der Waals surface area contributed by atoms with Crippen LogP contribution in [0.15, 0.2) is 21.3 Å². The molecular formula is C18H23ClNO4+. The van der Waals surface area contributed by atoms with Crippen LogP contribution in [0.1, 0.15) is 31.4 Å². The third-order valence-electron chi connectivity index (χ3n) is 4.22. The average molecular weight is 353 g/mol. The van der Waals surface area contributed by atoms with Crippen molar-refractivity contribution in [1.82, 2.24) is 0 Å². The zero-order chi connectivity index (χ0) is 17.3. The quantitative estimate of drug-likeness (QED) is 0.662. The normalized spacial score (nSPS) is 17.1. The van der Waals surface area contributed by atoms with E-state index < -0.39 is 0 Å². The second kappa shape index (κ2) is 7.13. The topological polar surface area (TPSA) is 53.1 Å². The van der Waals surface area contributed by atoms with Crippen molar-refractivity contribution in [3.8, 4) is 5.75 Å². The lowest BCUT2D eigenvalue weighted by Crippen LogP contribution is -3.12. The van der Waals surface area contributed by atoms with Gasteiger partial charge in [-0.3, -0.25) is 4.90 Å². The maximum atomic E-state index is 11.8. The van der Waals surface area contributed by atoms with Crippen molar-refractivity contribution >= 4 is 22.6 Å². The standard InChI is InChI=1S/C18H22ClNO4/c1-11(2)22-6-4-5-20-9-14-17-13(12(3)7-16(21)24-17)8-15(19)18(14)23-10-20/h7-8,11H,4-6,9-10H2,1-3H3/p+1. The summed E-state index contributed by atoms with van der Waals surface area (Å²) in [5, 5.41) is 1.43. The Labute approximate surface area is 146 Å². The van der Waals surface area contributed by atoms with Gasteiger partial charge < -0.3 is 13.9 Å². The average Bonchev–Trinajstić information content (AvgIpc) is 2.53. The minimum absolute atomic E-state index is 0.248. The van der Waals surface area contributed by atoms with E-state index in [0.29, 0.717) is 23.1 Å². The summed E-state index contributed by atoms with van der Waals surface area (Å²) in [5.41, 5.74) is 1.99. The highest BCUT2D eigenvalue weighted by molar-refractivity contribution is 6.33. The van der Waals surface area contributed by atoms with Gasteiger partial charge in [0, 0.05) is 17.9 Å². The molecule has 0 bridgehead atoms. The highest BCUT2D eigenvalue weighted by Crippen LogP contribution is 2.36. The van der Waals surface area contributed by atoms with Gasteiger partial charge in [0.05, 0.1) is 29.8 Å². The number of rotatable bonds is 5. The van der Waals surface area contributed by atoms with Gasteiger partial charge in [-0.15, -0.1) is 0 Å². The molecule has 2 heterocycles. The summed E-state index contributed by atoms with van der Waals surface area (Å²) in [4.78, 5) is 13.0. The first kappa shape index (κ1) is 17.3. The van der Waals surface area contributed by atoms with Gasteiger partial charge in [-0.2, -0.15) is 0 Å². The molecule has 1 aliphatic heterocycles. The Balaban J connectivity index is 1.85. The lowest BCUT2D eigenvalue weighted by atomic mass is 10.0. The first-order valence-electron chi connectivity index (χ1n) is 8.29. The molecular weight excluding hydrogens is 330 g/mol. The lowest BCUT2D eigenvalue weighted by molar-refractivity contribution is -0.932. The van der Waals surface area contributed by atoms with Gasteiger partial charge >= 0.3 is 5.63 Å². The molecule has 1 atom stereocenters. The Bertz CT molecular complexity index is 800. The molecule has 1 N–H and O–H groups in total. The molecule has 1 unspecified atom stereocenters. The van der Waals surface area contributed by atoms with E-state index in [1.807, 2.05) is 26.8 Å². The molecule has 0 aliphatic carbocycles. The minimum atomic E-state index is -0.345. The molecule has 24 heavy (non-hydrogen) atoms. The SMILES string of the molecule is Cc1cc(=O)oc2c3c(c(Cl)cc12)OC[NH+](CCCOC(C)C)C3. The first-order valence-corrected chi connectivity index (χ1v) is 8.67. The fourth-order valence-electron chi connectivity index (χ4n) is 3.06. The summed E-state index contributed by atoms with van der Waals surface area (Å²) in [6.45, 7) is 8.89. The van der Waals surface area contributed by atoms with Crippen LogP contribution < -0.4 is 15.3 Å². The van der Waals surface area contributed by atoms with E-state index >= 15 is 0 Å². The van der Waals surface area contributed by atoms with Crippen molar-refractivity contribution in [3.05, 3.63) is 38.7 Å². The molecule has 3 rings (SSSR count). The third kappa shape index (κ3) is 3.58. The number of hydrogen-bond acceptors (Lipinski definition) is 4. The van der Waals surface area contributed by atoms with Crippen molar-refractivity contribution in [2.45, 2.75) is 39.8 Å². The molecule has 2 aromatic rings. The number of benzene rings is 1. The Kier molecular flexibility index (Phi) is 5.13. The highest BCUT2D eigenvalue weighted by Gasteiger charge is 2.27. The van der Waals surface area contributed by atoms with E-state index in [2.05, 4.69) is 0 Å². The van der Waals surface area contributed by atoms with Crippen LogP contribution in [0.3, 0.4) is 0 Å². The van der Waals surface area contributed by atoms with Gasteiger partial charge in [-0.05, 0) is 32.4 Å². The van der Waals surface area contributed by atoms with E-state index in [9.17, 15) is 4.79 Å². The van der Waals surface area contributed by atoms with Gasteiger partial charge in [0.1, 0.15) is 6.54 Å². The van der Waals surface area contributed by atoms with E-state index in [-0.39, 0.29) is 11.7 Å². The maximum Gasteiger partial charge on any atom is 0.336 e. The van der Waals surface area contributed by atoms with Gasteiger partial charge in [-0.1, -0.05) is 11.6 Å². The van der Waals surface area contributed by atoms with Crippen molar-refractivity contribution in [3.63, 3.8) is 0 Å². The van der Waals surface area contributed by atoms with Crippen LogP contribution in [-0.4, -0.2) is 26.0 Å². The summed E-state index contributed by atoms with van der Waals surface area (Å²) in [6, 6.07) is 3.30. The van der Waals surface area contributed by atoms with Crippen molar-refractivity contribution < 1.29 is 18.8 Å². The van der Waals surface area contributed by atoms with E-state index in [4.69, 9.17) is 25.5 Å². The molecule has 6 heteroatoms. The number of fused-ring (bicyclic) bond motifs is 3. The second-order valence-corrected chi connectivity index (χ2v) is 6.94. The summed E-state index contributed by atoms with van der Waals surface area (Å²) in [7, 11) is 0. The number of quaternary nitrogens is 1. The van der Waals surface area contributed by atoms with Gasteiger partial charge in [-0.25, -0.2) is 4.79 Å².